The summed E-state index contributed by atoms with van der Waals surface area (Å²) in [5.74, 6) is 0.839. The standard InChI is InChI=1S/C22H24Cl2N2/c1-3-26(4-2)14-11-12-20-17(13-14)15-7-5-8-16(15)22(25-20)21-18(23)9-6-10-19(21)24/h5-7,9-13,15-16,22,25H,3-4,8H2,1-2H3. The molecule has 4 heteroatoms. The van der Waals surface area contributed by atoms with Gasteiger partial charge in [0.25, 0.3) is 0 Å². The lowest BCUT2D eigenvalue weighted by atomic mass is 9.77. The maximum absolute atomic E-state index is 6.53. The normalized spacial score (nSPS) is 23.3. The molecule has 0 amide bonds. The third kappa shape index (κ3) is 2.90. The molecule has 2 aromatic rings. The molecule has 0 aromatic heterocycles. The minimum Gasteiger partial charge on any atom is -0.378 e. The first-order valence-electron chi connectivity index (χ1n) is 9.40. The second kappa shape index (κ2) is 7.17. The smallest absolute Gasteiger partial charge is 0.0583 e. The van der Waals surface area contributed by atoms with Crippen LogP contribution in [0.4, 0.5) is 11.4 Å². The van der Waals surface area contributed by atoms with Gasteiger partial charge in [0.05, 0.1) is 6.04 Å². The molecule has 0 saturated heterocycles. The summed E-state index contributed by atoms with van der Waals surface area (Å²) in [6, 6.07) is 12.7. The van der Waals surface area contributed by atoms with Gasteiger partial charge in [-0.3, -0.25) is 0 Å². The van der Waals surface area contributed by atoms with Crippen LogP contribution in [0.5, 0.6) is 0 Å². The molecule has 0 fully saturated rings. The molecule has 3 atom stereocenters. The van der Waals surface area contributed by atoms with E-state index in [0.29, 0.717) is 11.8 Å². The molecule has 1 heterocycles. The third-order valence-electron chi connectivity index (χ3n) is 5.79. The number of allylic oxidation sites excluding steroid dienone is 2. The van der Waals surface area contributed by atoms with Gasteiger partial charge in [0.2, 0.25) is 0 Å². The van der Waals surface area contributed by atoms with Gasteiger partial charge in [-0.05, 0) is 62.1 Å². The molecular weight excluding hydrogens is 363 g/mol. The highest BCUT2D eigenvalue weighted by atomic mass is 35.5. The van der Waals surface area contributed by atoms with Crippen molar-refractivity contribution >= 4 is 34.6 Å². The van der Waals surface area contributed by atoms with Crippen molar-refractivity contribution < 1.29 is 0 Å². The summed E-state index contributed by atoms with van der Waals surface area (Å²) in [4.78, 5) is 2.39. The highest BCUT2D eigenvalue weighted by Gasteiger charge is 2.39. The predicted octanol–water partition coefficient (Wildman–Crippen LogP) is 6.67. The molecule has 2 aliphatic rings. The van der Waals surface area contributed by atoms with E-state index in [2.05, 4.69) is 54.4 Å². The minimum absolute atomic E-state index is 0.128. The maximum atomic E-state index is 6.53. The van der Waals surface area contributed by atoms with Crippen molar-refractivity contribution in [1.29, 1.82) is 0 Å². The fraction of sp³-hybridized carbons (Fsp3) is 0.364. The molecule has 0 spiro atoms. The van der Waals surface area contributed by atoms with E-state index >= 15 is 0 Å². The van der Waals surface area contributed by atoms with Crippen LogP contribution >= 0.6 is 23.2 Å². The van der Waals surface area contributed by atoms with Crippen molar-refractivity contribution in [3.05, 3.63) is 69.7 Å². The molecule has 3 unspecified atom stereocenters. The zero-order valence-corrected chi connectivity index (χ0v) is 16.7. The van der Waals surface area contributed by atoms with E-state index in [4.69, 9.17) is 23.2 Å². The van der Waals surface area contributed by atoms with Gasteiger partial charge in [0.15, 0.2) is 0 Å². The number of hydrogen-bond acceptors (Lipinski definition) is 2. The lowest BCUT2D eigenvalue weighted by Gasteiger charge is -2.39. The number of benzene rings is 2. The number of nitrogens with one attached hydrogen (secondary N) is 1. The number of rotatable bonds is 4. The van der Waals surface area contributed by atoms with Crippen LogP contribution in [0.1, 0.15) is 43.4 Å². The monoisotopic (exact) mass is 386 g/mol. The Bertz CT molecular complexity index is 822. The van der Waals surface area contributed by atoms with E-state index < -0.39 is 0 Å². The zero-order valence-electron chi connectivity index (χ0n) is 15.2. The van der Waals surface area contributed by atoms with Crippen LogP contribution in [0.25, 0.3) is 0 Å². The fourth-order valence-corrected chi connectivity index (χ4v) is 5.09. The Balaban J connectivity index is 1.77. The van der Waals surface area contributed by atoms with Crippen LogP contribution in [0.2, 0.25) is 10.0 Å². The average Bonchev–Trinajstić information content (AvgIpc) is 3.13. The van der Waals surface area contributed by atoms with E-state index in [1.165, 1.54) is 16.9 Å². The van der Waals surface area contributed by atoms with E-state index in [1.807, 2.05) is 18.2 Å². The topological polar surface area (TPSA) is 15.3 Å². The number of nitrogens with zero attached hydrogens (tertiary/aromatic N) is 1. The fourth-order valence-electron chi connectivity index (χ4n) is 4.46. The highest BCUT2D eigenvalue weighted by Crippen LogP contribution is 2.52. The largest absolute Gasteiger partial charge is 0.378 e. The SMILES string of the molecule is CCN(CC)c1ccc2c(c1)C1C=CCC1C(c1c(Cl)cccc1Cl)N2. The van der Waals surface area contributed by atoms with Crippen LogP contribution in [0.3, 0.4) is 0 Å². The van der Waals surface area contributed by atoms with E-state index in [9.17, 15) is 0 Å². The lowest BCUT2D eigenvalue weighted by Crippen LogP contribution is -2.30. The van der Waals surface area contributed by atoms with Crippen molar-refractivity contribution in [2.24, 2.45) is 5.92 Å². The molecule has 1 aliphatic heterocycles. The Hall–Kier alpha value is -1.64. The molecule has 1 aliphatic carbocycles. The molecule has 26 heavy (non-hydrogen) atoms. The molecule has 2 aromatic carbocycles. The highest BCUT2D eigenvalue weighted by molar-refractivity contribution is 6.36. The van der Waals surface area contributed by atoms with Gasteiger partial charge in [0.1, 0.15) is 0 Å². The Morgan fingerprint density at radius 3 is 2.50 bits per heavy atom. The predicted molar refractivity (Wildman–Crippen MR) is 113 cm³/mol. The van der Waals surface area contributed by atoms with E-state index in [0.717, 1.165) is 35.1 Å². The molecule has 4 rings (SSSR count). The summed E-state index contributed by atoms with van der Waals surface area (Å²) in [7, 11) is 0. The summed E-state index contributed by atoms with van der Waals surface area (Å²) in [6.45, 7) is 6.44. The summed E-state index contributed by atoms with van der Waals surface area (Å²) < 4.78 is 0. The van der Waals surface area contributed by atoms with Crippen LogP contribution in [-0.4, -0.2) is 13.1 Å². The average molecular weight is 387 g/mol. The number of fused-ring (bicyclic) bond motifs is 3. The number of anilines is 2. The summed E-state index contributed by atoms with van der Waals surface area (Å²) in [5, 5.41) is 5.22. The van der Waals surface area contributed by atoms with Crippen LogP contribution in [0, 0.1) is 5.92 Å². The van der Waals surface area contributed by atoms with Crippen molar-refractivity contribution in [1.82, 2.24) is 0 Å². The molecular formula is C22H24Cl2N2. The molecule has 0 saturated carbocycles. The van der Waals surface area contributed by atoms with Gasteiger partial charge in [-0.15, -0.1) is 0 Å². The van der Waals surface area contributed by atoms with Crippen molar-refractivity contribution in [3.63, 3.8) is 0 Å². The molecule has 1 N–H and O–H groups in total. The van der Waals surface area contributed by atoms with Crippen molar-refractivity contribution in [2.75, 3.05) is 23.3 Å². The first kappa shape index (κ1) is 17.8. The van der Waals surface area contributed by atoms with Gasteiger partial charge in [-0.2, -0.15) is 0 Å². The second-order valence-corrected chi connectivity index (χ2v) is 7.87. The quantitative estimate of drug-likeness (QED) is 0.590. The number of halogens is 2. The molecule has 2 nitrogen and oxygen atoms in total. The Labute approximate surface area is 165 Å². The van der Waals surface area contributed by atoms with Crippen molar-refractivity contribution in [3.8, 4) is 0 Å². The van der Waals surface area contributed by atoms with Gasteiger partial charge < -0.3 is 10.2 Å². The lowest BCUT2D eigenvalue weighted by molar-refractivity contribution is 0.426. The maximum Gasteiger partial charge on any atom is 0.0583 e. The number of hydrogen-bond donors (Lipinski definition) is 1. The van der Waals surface area contributed by atoms with Crippen LogP contribution in [0.15, 0.2) is 48.6 Å². The minimum atomic E-state index is 0.128. The van der Waals surface area contributed by atoms with Gasteiger partial charge >= 0.3 is 0 Å². The van der Waals surface area contributed by atoms with Gasteiger partial charge in [-0.1, -0.05) is 41.4 Å². The first-order valence-corrected chi connectivity index (χ1v) is 10.2. The summed E-state index contributed by atoms with van der Waals surface area (Å²) in [5.41, 5.74) is 4.89. The molecule has 0 bridgehead atoms. The zero-order chi connectivity index (χ0) is 18.3. The van der Waals surface area contributed by atoms with Gasteiger partial charge in [0, 0.05) is 46.0 Å². The Kier molecular flexibility index (Phi) is 4.90. The van der Waals surface area contributed by atoms with Crippen LogP contribution < -0.4 is 10.2 Å². The van der Waals surface area contributed by atoms with Gasteiger partial charge in [-0.25, -0.2) is 0 Å². The second-order valence-electron chi connectivity index (χ2n) is 7.05. The van der Waals surface area contributed by atoms with Crippen LogP contribution in [-0.2, 0) is 0 Å². The Morgan fingerprint density at radius 2 is 1.81 bits per heavy atom. The van der Waals surface area contributed by atoms with Crippen molar-refractivity contribution in [2.45, 2.75) is 32.2 Å². The third-order valence-corrected chi connectivity index (χ3v) is 6.44. The first-order chi connectivity index (χ1) is 12.6. The van der Waals surface area contributed by atoms with E-state index in [1.54, 1.807) is 0 Å². The van der Waals surface area contributed by atoms with E-state index in [-0.39, 0.29) is 6.04 Å². The summed E-state index contributed by atoms with van der Waals surface area (Å²) in [6.07, 6.45) is 5.70. The summed E-state index contributed by atoms with van der Waals surface area (Å²) >= 11 is 13.1. The molecule has 136 valence electrons. The Morgan fingerprint density at radius 1 is 1.08 bits per heavy atom. The molecule has 0 radical (unpaired) electrons.